The van der Waals surface area contributed by atoms with Crippen LogP contribution in [0.5, 0.6) is 11.8 Å². The minimum atomic E-state index is -0.231. The molecule has 2 bridgehead atoms. The van der Waals surface area contributed by atoms with Crippen molar-refractivity contribution in [1.82, 2.24) is 34.7 Å². The zero-order valence-electron chi connectivity index (χ0n) is 21.4. The lowest BCUT2D eigenvalue weighted by atomic mass is 10.0. The fourth-order valence-electron chi connectivity index (χ4n) is 5.17. The molecule has 5 heterocycles. The number of benzene rings is 1. The SMILES string of the molecule is CCc1nn(CCN2CC[C@H](O)C2)c2c1/C=C/c1[nH]nc3ccc(cc13)-c1cnn(C)c1OCCCO2. The lowest BCUT2D eigenvalue weighted by molar-refractivity contribution is 0.173. The number of aromatic amines is 1. The van der Waals surface area contributed by atoms with Crippen LogP contribution in [0.25, 0.3) is 34.2 Å². The number of aliphatic hydroxyl groups is 1. The van der Waals surface area contributed by atoms with Crippen LogP contribution in [0.3, 0.4) is 0 Å². The highest BCUT2D eigenvalue weighted by atomic mass is 16.5. The van der Waals surface area contributed by atoms with Crippen LogP contribution in [0.4, 0.5) is 0 Å². The first-order valence-electron chi connectivity index (χ1n) is 13.0. The monoisotopic (exact) mass is 503 g/mol. The highest BCUT2D eigenvalue weighted by molar-refractivity contribution is 5.93. The van der Waals surface area contributed by atoms with Crippen LogP contribution in [0.15, 0.2) is 24.4 Å². The van der Waals surface area contributed by atoms with E-state index in [0.29, 0.717) is 26.3 Å². The predicted molar refractivity (Wildman–Crippen MR) is 141 cm³/mol. The van der Waals surface area contributed by atoms with Crippen molar-refractivity contribution in [2.45, 2.75) is 38.8 Å². The molecule has 1 fully saturated rings. The topological polar surface area (TPSA) is 106 Å². The highest BCUT2D eigenvalue weighted by Gasteiger charge is 2.22. The number of aromatic nitrogens is 6. The van der Waals surface area contributed by atoms with E-state index in [9.17, 15) is 5.11 Å². The molecule has 194 valence electrons. The van der Waals surface area contributed by atoms with E-state index in [1.165, 1.54) is 0 Å². The summed E-state index contributed by atoms with van der Waals surface area (Å²) < 4.78 is 16.3. The van der Waals surface area contributed by atoms with E-state index >= 15 is 0 Å². The molecule has 0 spiro atoms. The van der Waals surface area contributed by atoms with Gasteiger partial charge in [-0.2, -0.15) is 15.3 Å². The van der Waals surface area contributed by atoms with E-state index in [1.807, 2.05) is 24.0 Å². The van der Waals surface area contributed by atoms with Crippen LogP contribution in [-0.4, -0.2) is 78.7 Å². The molecule has 0 saturated carbocycles. The number of aryl methyl sites for hydroxylation is 2. The second kappa shape index (κ2) is 10.0. The Kier molecular flexibility index (Phi) is 6.43. The van der Waals surface area contributed by atoms with Crippen LogP contribution in [-0.2, 0) is 20.0 Å². The number of H-pyrrole nitrogens is 1. The van der Waals surface area contributed by atoms with E-state index in [2.05, 4.69) is 51.4 Å². The lowest BCUT2D eigenvalue weighted by Gasteiger charge is -2.16. The fourth-order valence-corrected chi connectivity index (χ4v) is 5.17. The third-order valence-electron chi connectivity index (χ3n) is 7.19. The van der Waals surface area contributed by atoms with Crippen LogP contribution in [0.2, 0.25) is 0 Å². The molecule has 0 amide bonds. The molecule has 0 unspecified atom stereocenters. The highest BCUT2D eigenvalue weighted by Crippen LogP contribution is 2.33. The molecule has 10 nitrogen and oxygen atoms in total. The Morgan fingerprint density at radius 1 is 1.14 bits per heavy atom. The Hall–Kier alpha value is -3.63. The molecule has 1 aromatic carbocycles. The minimum absolute atomic E-state index is 0.231. The van der Waals surface area contributed by atoms with Crippen molar-refractivity contribution in [2.75, 3.05) is 32.8 Å². The number of nitrogens with one attached hydrogen (secondary N) is 1. The molecular formula is C27H33N7O3. The number of likely N-dealkylation sites (tertiary alicyclic amines) is 1. The number of fused-ring (bicyclic) bond motifs is 4. The quantitative estimate of drug-likeness (QED) is 0.441. The molecule has 6 rings (SSSR count). The number of ether oxygens (including phenoxy) is 2. The van der Waals surface area contributed by atoms with Crippen molar-refractivity contribution >= 4 is 23.1 Å². The molecule has 2 N–H and O–H groups in total. The largest absolute Gasteiger partial charge is 0.477 e. The van der Waals surface area contributed by atoms with E-state index < -0.39 is 0 Å². The van der Waals surface area contributed by atoms with Gasteiger partial charge in [-0.25, -0.2) is 9.36 Å². The first-order chi connectivity index (χ1) is 18.1. The fraction of sp³-hybridized carbons (Fsp3) is 0.444. The van der Waals surface area contributed by atoms with E-state index in [0.717, 1.165) is 83.1 Å². The van der Waals surface area contributed by atoms with Gasteiger partial charge in [-0.1, -0.05) is 13.0 Å². The van der Waals surface area contributed by atoms with Gasteiger partial charge in [-0.3, -0.25) is 10.00 Å². The molecule has 4 aromatic rings. The third kappa shape index (κ3) is 4.62. The average Bonchev–Trinajstić information content (AvgIpc) is 3.67. The first-order valence-corrected chi connectivity index (χ1v) is 13.0. The van der Waals surface area contributed by atoms with Gasteiger partial charge >= 0.3 is 0 Å². The number of hydrogen-bond acceptors (Lipinski definition) is 7. The van der Waals surface area contributed by atoms with Gasteiger partial charge in [0.1, 0.15) is 0 Å². The Morgan fingerprint density at radius 3 is 2.81 bits per heavy atom. The summed E-state index contributed by atoms with van der Waals surface area (Å²) in [7, 11) is 1.89. The number of β-amino-alcohol motifs (C(OH)–C–C–N with tert-alkyl or cyclic N) is 1. The van der Waals surface area contributed by atoms with Crippen molar-refractivity contribution in [3.63, 3.8) is 0 Å². The Balaban J connectivity index is 1.38. The molecule has 1 atom stereocenters. The van der Waals surface area contributed by atoms with Crippen molar-refractivity contribution in [3.8, 4) is 22.9 Å². The maximum Gasteiger partial charge on any atom is 0.219 e. The molecule has 0 radical (unpaired) electrons. The van der Waals surface area contributed by atoms with Gasteiger partial charge in [0.15, 0.2) is 0 Å². The zero-order valence-corrected chi connectivity index (χ0v) is 21.4. The second-order valence-electron chi connectivity index (χ2n) is 9.73. The minimum Gasteiger partial charge on any atom is -0.477 e. The van der Waals surface area contributed by atoms with Crippen molar-refractivity contribution in [1.29, 1.82) is 0 Å². The Labute approximate surface area is 215 Å². The molecule has 2 aliphatic rings. The van der Waals surface area contributed by atoms with Gasteiger partial charge in [0.2, 0.25) is 11.8 Å². The second-order valence-corrected chi connectivity index (χ2v) is 9.73. The summed E-state index contributed by atoms with van der Waals surface area (Å²) >= 11 is 0. The standard InChI is InChI=1S/C27H33N7O3/c1-3-23-20-6-8-25-21-15-18(5-7-24(21)29-30-25)22-16-28-32(2)26(22)36-13-4-14-37-27(20)34(31-23)12-11-33-10-9-19(35)17-33/h5-8,15-16,19,35H,3-4,9-14,17H2,1-2H3,(H,29,30)/b8-6+/t19-/m0/s1. The maximum atomic E-state index is 9.91. The lowest BCUT2D eigenvalue weighted by Crippen LogP contribution is -2.26. The normalized spacial score (nSPS) is 19.2. The number of nitrogens with zero attached hydrogens (tertiary/aromatic N) is 6. The van der Waals surface area contributed by atoms with E-state index in [4.69, 9.17) is 14.6 Å². The van der Waals surface area contributed by atoms with Gasteiger partial charge < -0.3 is 14.6 Å². The summed E-state index contributed by atoms with van der Waals surface area (Å²) in [4.78, 5) is 2.28. The van der Waals surface area contributed by atoms with Crippen LogP contribution < -0.4 is 9.47 Å². The zero-order chi connectivity index (χ0) is 25.4. The summed E-state index contributed by atoms with van der Waals surface area (Å²) in [5, 5.41) is 28.0. The Morgan fingerprint density at radius 2 is 2.00 bits per heavy atom. The maximum absolute atomic E-state index is 9.91. The third-order valence-corrected chi connectivity index (χ3v) is 7.19. The van der Waals surface area contributed by atoms with E-state index in [-0.39, 0.29) is 6.10 Å². The summed E-state index contributed by atoms with van der Waals surface area (Å²) in [5.41, 5.74) is 5.80. The smallest absolute Gasteiger partial charge is 0.219 e. The van der Waals surface area contributed by atoms with Crippen LogP contribution in [0, 0.1) is 0 Å². The molecule has 10 heteroatoms. The van der Waals surface area contributed by atoms with Gasteiger partial charge in [0, 0.05) is 38.5 Å². The van der Waals surface area contributed by atoms with Gasteiger partial charge in [-0.05, 0) is 42.7 Å². The number of rotatable bonds is 4. The first kappa shape index (κ1) is 23.7. The van der Waals surface area contributed by atoms with Gasteiger partial charge in [0.25, 0.3) is 0 Å². The van der Waals surface area contributed by atoms with Gasteiger partial charge in [-0.15, -0.1) is 0 Å². The van der Waals surface area contributed by atoms with Crippen LogP contribution >= 0.6 is 0 Å². The molecule has 37 heavy (non-hydrogen) atoms. The van der Waals surface area contributed by atoms with E-state index in [1.54, 1.807) is 4.68 Å². The summed E-state index contributed by atoms with van der Waals surface area (Å²) in [5.74, 6) is 1.51. The predicted octanol–water partition coefficient (Wildman–Crippen LogP) is 3.12. The van der Waals surface area contributed by atoms with Crippen LogP contribution in [0.1, 0.15) is 36.7 Å². The van der Waals surface area contributed by atoms with Crippen molar-refractivity contribution in [2.24, 2.45) is 7.05 Å². The molecular weight excluding hydrogens is 470 g/mol. The molecule has 2 aliphatic heterocycles. The van der Waals surface area contributed by atoms with Gasteiger partial charge in [0.05, 0.1) is 60.1 Å². The molecule has 3 aromatic heterocycles. The molecule has 0 aliphatic carbocycles. The summed E-state index contributed by atoms with van der Waals surface area (Å²) in [6, 6.07) is 6.21. The van der Waals surface area contributed by atoms with Crippen molar-refractivity contribution < 1.29 is 14.6 Å². The van der Waals surface area contributed by atoms with Crippen molar-refractivity contribution in [3.05, 3.63) is 41.3 Å². The molecule has 1 saturated heterocycles. The number of hydrogen-bond donors (Lipinski definition) is 2. The number of aliphatic hydroxyl groups excluding tert-OH is 1. The summed E-state index contributed by atoms with van der Waals surface area (Å²) in [6.07, 6.45) is 8.11. The summed E-state index contributed by atoms with van der Waals surface area (Å²) in [6.45, 7) is 6.28. The Bertz CT molecular complexity index is 1430. The average molecular weight is 504 g/mol.